The molecule has 1 atom stereocenters. The molecular weight excluding hydrogens is 270 g/mol. The highest BCUT2D eigenvalue weighted by Gasteiger charge is 2.41. The third-order valence-corrected chi connectivity index (χ3v) is 2.31. The van der Waals surface area contributed by atoms with Crippen LogP contribution in [0.5, 0.6) is 0 Å². The highest BCUT2D eigenvalue weighted by molar-refractivity contribution is 4.98. The highest BCUT2D eigenvalue weighted by atomic mass is 19.3. The van der Waals surface area contributed by atoms with Gasteiger partial charge in [-0.15, -0.1) is 5.10 Å². The number of ether oxygens (including phenoxy) is 1. The molecule has 0 amide bonds. The van der Waals surface area contributed by atoms with Gasteiger partial charge in [0.2, 0.25) is 0 Å². The number of nitrogens with zero attached hydrogens (tertiary/aromatic N) is 3. The second-order valence-corrected chi connectivity index (χ2v) is 3.97. The minimum absolute atomic E-state index is 0.294. The van der Waals surface area contributed by atoms with E-state index in [4.69, 9.17) is 0 Å². The lowest BCUT2D eigenvalue weighted by molar-refractivity contribution is -0.171. The number of halogens is 4. The first-order chi connectivity index (χ1) is 8.88. The summed E-state index contributed by atoms with van der Waals surface area (Å²) in [5.74, 6) is -4.22. The Morgan fingerprint density at radius 3 is 2.74 bits per heavy atom. The molecule has 0 fully saturated rings. The first-order valence-electron chi connectivity index (χ1n) is 5.68. The summed E-state index contributed by atoms with van der Waals surface area (Å²) in [4.78, 5) is 0. The number of aliphatic hydroxyl groups excluding tert-OH is 1. The number of rotatable bonds is 8. The monoisotopic (exact) mass is 285 g/mol. The molecular formula is C10H15F4N3O2. The van der Waals surface area contributed by atoms with Gasteiger partial charge in [-0.25, -0.2) is 13.5 Å². The summed E-state index contributed by atoms with van der Waals surface area (Å²) in [5.41, 5.74) is 0.294. The van der Waals surface area contributed by atoms with Crippen LogP contribution in [0.25, 0.3) is 0 Å². The van der Waals surface area contributed by atoms with Crippen LogP contribution >= 0.6 is 0 Å². The second kappa shape index (κ2) is 6.80. The lowest BCUT2D eigenvalue weighted by Gasteiger charge is -2.17. The Hall–Kier alpha value is -1.22. The molecule has 0 radical (unpaired) electrons. The van der Waals surface area contributed by atoms with E-state index >= 15 is 0 Å². The average molecular weight is 285 g/mol. The lowest BCUT2D eigenvalue weighted by atomic mass is 10.3. The predicted molar refractivity (Wildman–Crippen MR) is 57.0 cm³/mol. The van der Waals surface area contributed by atoms with Crippen LogP contribution in [0.1, 0.15) is 25.1 Å². The Bertz CT molecular complexity index is 387. The minimum atomic E-state index is -4.22. The molecule has 1 aromatic heterocycles. The summed E-state index contributed by atoms with van der Waals surface area (Å²) in [5, 5.41) is 17.0. The summed E-state index contributed by atoms with van der Waals surface area (Å²) in [7, 11) is 0. The largest absolute Gasteiger partial charge is 0.384 e. The molecule has 9 heteroatoms. The normalized spacial score (nSPS) is 14.1. The van der Waals surface area contributed by atoms with Gasteiger partial charge >= 0.3 is 12.3 Å². The Balaban J connectivity index is 2.47. The molecule has 5 nitrogen and oxygen atoms in total. The molecule has 0 aromatic carbocycles. The molecule has 1 heterocycles. The fourth-order valence-electron chi connectivity index (χ4n) is 1.36. The van der Waals surface area contributed by atoms with E-state index in [1.54, 1.807) is 0 Å². The number of hydrogen-bond acceptors (Lipinski definition) is 4. The van der Waals surface area contributed by atoms with Gasteiger partial charge in [0.1, 0.15) is 12.7 Å². The van der Waals surface area contributed by atoms with Crippen molar-refractivity contribution >= 4 is 0 Å². The Morgan fingerprint density at radius 1 is 1.47 bits per heavy atom. The van der Waals surface area contributed by atoms with Crippen LogP contribution < -0.4 is 0 Å². The van der Waals surface area contributed by atoms with E-state index in [1.165, 1.54) is 10.9 Å². The van der Waals surface area contributed by atoms with Crippen molar-refractivity contribution in [1.29, 1.82) is 0 Å². The van der Waals surface area contributed by atoms with E-state index in [-0.39, 0.29) is 0 Å². The van der Waals surface area contributed by atoms with Gasteiger partial charge in [0.25, 0.3) is 0 Å². The SMILES string of the molecule is CCCn1nncc1C(O)COCC(F)(F)C(F)F. The average Bonchev–Trinajstić information content (AvgIpc) is 2.77. The van der Waals surface area contributed by atoms with E-state index < -0.39 is 31.7 Å². The number of hydrogen-bond donors (Lipinski definition) is 1. The molecule has 19 heavy (non-hydrogen) atoms. The van der Waals surface area contributed by atoms with Crippen molar-refractivity contribution in [3.8, 4) is 0 Å². The molecule has 0 saturated heterocycles. The number of alkyl halides is 4. The predicted octanol–water partition coefficient (Wildman–Crippen LogP) is 1.64. The molecule has 0 bridgehead atoms. The van der Waals surface area contributed by atoms with E-state index in [9.17, 15) is 22.7 Å². The minimum Gasteiger partial charge on any atom is -0.384 e. The smallest absolute Gasteiger partial charge is 0.330 e. The second-order valence-electron chi connectivity index (χ2n) is 3.97. The molecule has 0 aliphatic heterocycles. The molecule has 1 N–H and O–H groups in total. The third-order valence-electron chi connectivity index (χ3n) is 2.31. The van der Waals surface area contributed by atoms with Crippen molar-refractivity contribution in [2.75, 3.05) is 13.2 Å². The van der Waals surface area contributed by atoms with E-state index in [0.717, 1.165) is 6.42 Å². The first-order valence-corrected chi connectivity index (χ1v) is 5.68. The van der Waals surface area contributed by atoms with Gasteiger partial charge in [-0.3, -0.25) is 0 Å². The van der Waals surface area contributed by atoms with Gasteiger partial charge in [-0.1, -0.05) is 12.1 Å². The van der Waals surface area contributed by atoms with Gasteiger partial charge in [-0.2, -0.15) is 8.78 Å². The van der Waals surface area contributed by atoms with Crippen molar-refractivity contribution in [1.82, 2.24) is 15.0 Å². The Kier molecular flexibility index (Phi) is 5.67. The van der Waals surface area contributed by atoms with E-state index in [1.807, 2.05) is 6.92 Å². The fraction of sp³-hybridized carbons (Fsp3) is 0.800. The molecule has 0 aliphatic carbocycles. The molecule has 0 spiro atoms. The van der Waals surface area contributed by atoms with Crippen LogP contribution in [0.3, 0.4) is 0 Å². The Labute approximate surface area is 107 Å². The van der Waals surface area contributed by atoms with Crippen LogP contribution in [0.2, 0.25) is 0 Å². The zero-order valence-electron chi connectivity index (χ0n) is 10.3. The summed E-state index contributed by atoms with van der Waals surface area (Å²) in [6.45, 7) is 0.410. The van der Waals surface area contributed by atoms with Crippen LogP contribution in [0, 0.1) is 0 Å². The Morgan fingerprint density at radius 2 is 2.16 bits per heavy atom. The zero-order chi connectivity index (χ0) is 14.5. The lowest BCUT2D eigenvalue weighted by Crippen LogP contribution is -2.33. The van der Waals surface area contributed by atoms with Gasteiger partial charge in [0.05, 0.1) is 18.5 Å². The number of aromatic nitrogens is 3. The van der Waals surface area contributed by atoms with Crippen molar-refractivity contribution in [3.63, 3.8) is 0 Å². The summed E-state index contributed by atoms with van der Waals surface area (Å²) >= 11 is 0. The molecule has 110 valence electrons. The quantitative estimate of drug-likeness (QED) is 0.738. The van der Waals surface area contributed by atoms with Gasteiger partial charge in [0.15, 0.2) is 0 Å². The van der Waals surface area contributed by atoms with Crippen molar-refractivity contribution in [2.45, 2.75) is 38.3 Å². The van der Waals surface area contributed by atoms with E-state index in [2.05, 4.69) is 15.0 Å². The van der Waals surface area contributed by atoms with Gasteiger partial charge in [0, 0.05) is 6.54 Å². The summed E-state index contributed by atoms with van der Waals surface area (Å²) in [6, 6.07) is 0. The maximum atomic E-state index is 12.6. The van der Waals surface area contributed by atoms with Crippen molar-refractivity contribution < 1.29 is 27.4 Å². The van der Waals surface area contributed by atoms with Crippen molar-refractivity contribution in [3.05, 3.63) is 11.9 Å². The maximum absolute atomic E-state index is 12.6. The molecule has 1 rings (SSSR count). The fourth-order valence-corrected chi connectivity index (χ4v) is 1.36. The summed E-state index contributed by atoms with van der Waals surface area (Å²) < 4.78 is 54.7. The van der Waals surface area contributed by atoms with Crippen molar-refractivity contribution in [2.24, 2.45) is 0 Å². The maximum Gasteiger partial charge on any atom is 0.330 e. The standard InChI is InChI=1S/C10H15F4N3O2/c1-2-3-17-7(4-15-16-17)8(18)5-19-6-10(13,14)9(11)12/h4,8-9,18H,2-3,5-6H2,1H3. The van der Waals surface area contributed by atoms with E-state index in [0.29, 0.717) is 12.2 Å². The number of aryl methyl sites for hydroxylation is 1. The molecule has 0 aliphatic rings. The topological polar surface area (TPSA) is 60.2 Å². The van der Waals surface area contributed by atoms with Gasteiger partial charge < -0.3 is 9.84 Å². The number of aliphatic hydroxyl groups is 1. The zero-order valence-corrected chi connectivity index (χ0v) is 10.3. The molecule has 1 aromatic rings. The van der Waals surface area contributed by atoms with Crippen LogP contribution in [-0.4, -0.2) is 45.7 Å². The van der Waals surface area contributed by atoms with Crippen LogP contribution in [0.4, 0.5) is 17.6 Å². The van der Waals surface area contributed by atoms with Gasteiger partial charge in [-0.05, 0) is 6.42 Å². The first kappa shape index (κ1) is 15.8. The third kappa shape index (κ3) is 4.43. The molecule has 1 unspecified atom stereocenters. The van der Waals surface area contributed by atoms with Crippen LogP contribution in [0.15, 0.2) is 6.20 Å². The highest BCUT2D eigenvalue weighted by Crippen LogP contribution is 2.23. The molecule has 0 saturated carbocycles. The summed E-state index contributed by atoms with van der Waals surface area (Å²) in [6.07, 6.45) is -3.02. The van der Waals surface area contributed by atoms with Crippen LogP contribution in [-0.2, 0) is 11.3 Å².